The van der Waals surface area contributed by atoms with Crippen molar-refractivity contribution in [3.8, 4) is 0 Å². The number of amides is 1. The molecule has 3 rings (SSSR count). The van der Waals surface area contributed by atoms with Gasteiger partial charge in [0.25, 0.3) is 0 Å². The average molecular weight is 304 g/mol. The average Bonchev–Trinajstić information content (AvgIpc) is 2.91. The Morgan fingerprint density at radius 3 is 2.71 bits per heavy atom. The number of benzene rings is 1. The van der Waals surface area contributed by atoms with E-state index in [0.717, 1.165) is 39.0 Å². The van der Waals surface area contributed by atoms with E-state index in [2.05, 4.69) is 53.9 Å². The third-order valence-corrected chi connectivity index (χ3v) is 5.77. The summed E-state index contributed by atoms with van der Waals surface area (Å²) < 4.78 is 0. The fourth-order valence-electron chi connectivity index (χ4n) is 3.46. The van der Waals surface area contributed by atoms with E-state index in [1.807, 2.05) is 4.90 Å². The maximum Gasteiger partial charge on any atom is 0.222 e. The number of carbonyl (C=O) groups is 1. The minimum absolute atomic E-state index is 0.339. The Hall–Kier alpha value is -1.00. The van der Waals surface area contributed by atoms with Gasteiger partial charge >= 0.3 is 0 Å². The van der Waals surface area contributed by atoms with Gasteiger partial charge in [0.2, 0.25) is 5.91 Å². The standard InChI is InChI=1S/C17H24N2OS/c1-14-17(15-6-3-2-4-7-15)19(12-13-21-14)11-10-18-9-5-8-16(18)20/h2-4,6-7,14,17H,5,8-13H2,1H3/t14-,17+/m1/s1. The van der Waals surface area contributed by atoms with Gasteiger partial charge in [0.05, 0.1) is 0 Å². The lowest BCUT2D eigenvalue weighted by molar-refractivity contribution is -0.127. The monoisotopic (exact) mass is 304 g/mol. The zero-order valence-electron chi connectivity index (χ0n) is 12.7. The van der Waals surface area contributed by atoms with Crippen LogP contribution in [0.5, 0.6) is 0 Å². The molecular formula is C17H24N2OS. The van der Waals surface area contributed by atoms with Crippen molar-refractivity contribution in [2.24, 2.45) is 0 Å². The van der Waals surface area contributed by atoms with Crippen molar-refractivity contribution < 1.29 is 4.79 Å². The molecule has 2 heterocycles. The summed E-state index contributed by atoms with van der Waals surface area (Å²) in [7, 11) is 0. The SMILES string of the molecule is C[C@H]1SCCN(CCN2CCCC2=O)[C@@H]1c1ccccc1. The Labute approximate surface area is 131 Å². The van der Waals surface area contributed by atoms with Crippen molar-refractivity contribution in [1.29, 1.82) is 0 Å². The minimum Gasteiger partial charge on any atom is -0.341 e. The maximum absolute atomic E-state index is 11.8. The first-order valence-electron chi connectivity index (χ1n) is 7.94. The highest BCUT2D eigenvalue weighted by Crippen LogP contribution is 2.35. The maximum atomic E-state index is 11.8. The predicted octanol–water partition coefficient (Wildman–Crippen LogP) is 2.79. The molecule has 0 spiro atoms. The fraction of sp³-hybridized carbons (Fsp3) is 0.588. The normalized spacial score (nSPS) is 27.3. The Balaban J connectivity index is 1.68. The van der Waals surface area contributed by atoms with Crippen LogP contribution in [-0.2, 0) is 4.79 Å². The van der Waals surface area contributed by atoms with Crippen molar-refractivity contribution >= 4 is 17.7 Å². The number of carbonyl (C=O) groups excluding carboxylic acids is 1. The number of hydrogen-bond donors (Lipinski definition) is 0. The van der Waals surface area contributed by atoms with Crippen LogP contribution < -0.4 is 0 Å². The van der Waals surface area contributed by atoms with Crippen molar-refractivity contribution in [3.63, 3.8) is 0 Å². The van der Waals surface area contributed by atoms with Gasteiger partial charge in [0.1, 0.15) is 0 Å². The summed E-state index contributed by atoms with van der Waals surface area (Å²) in [5, 5.41) is 0.607. The Bertz CT molecular complexity index is 479. The molecule has 21 heavy (non-hydrogen) atoms. The molecule has 2 saturated heterocycles. The second kappa shape index (κ2) is 6.84. The smallest absolute Gasteiger partial charge is 0.222 e. The Kier molecular flexibility index (Phi) is 4.86. The molecule has 2 atom stereocenters. The van der Waals surface area contributed by atoms with E-state index < -0.39 is 0 Å². The molecule has 4 heteroatoms. The summed E-state index contributed by atoms with van der Waals surface area (Å²) in [5.41, 5.74) is 1.41. The number of likely N-dealkylation sites (tertiary alicyclic amines) is 1. The molecule has 1 aromatic rings. The van der Waals surface area contributed by atoms with Gasteiger partial charge in [-0.05, 0) is 12.0 Å². The third-order valence-electron chi connectivity index (χ3n) is 4.57. The first kappa shape index (κ1) is 14.9. The molecule has 0 aromatic heterocycles. The van der Waals surface area contributed by atoms with Crippen LogP contribution in [0.4, 0.5) is 0 Å². The number of rotatable bonds is 4. The fourth-order valence-corrected chi connectivity index (χ4v) is 4.68. The number of hydrogen-bond acceptors (Lipinski definition) is 3. The van der Waals surface area contributed by atoms with E-state index in [1.54, 1.807) is 0 Å². The van der Waals surface area contributed by atoms with Crippen molar-refractivity contribution in [3.05, 3.63) is 35.9 Å². The lowest BCUT2D eigenvalue weighted by Gasteiger charge is -2.40. The number of nitrogens with zero attached hydrogens (tertiary/aromatic N) is 2. The van der Waals surface area contributed by atoms with Gasteiger partial charge in [-0.15, -0.1) is 0 Å². The van der Waals surface area contributed by atoms with E-state index in [0.29, 0.717) is 17.2 Å². The molecule has 0 N–H and O–H groups in total. The van der Waals surface area contributed by atoms with Gasteiger partial charge < -0.3 is 4.90 Å². The summed E-state index contributed by atoms with van der Waals surface area (Å²) >= 11 is 2.06. The van der Waals surface area contributed by atoms with Crippen LogP contribution in [0, 0.1) is 0 Å². The van der Waals surface area contributed by atoms with Gasteiger partial charge in [-0.2, -0.15) is 11.8 Å². The molecule has 2 fully saturated rings. The summed E-state index contributed by atoms with van der Waals surface area (Å²) in [6.45, 7) is 6.29. The number of thioether (sulfide) groups is 1. The first-order chi connectivity index (χ1) is 10.3. The Morgan fingerprint density at radius 1 is 1.19 bits per heavy atom. The quantitative estimate of drug-likeness (QED) is 0.854. The molecule has 0 bridgehead atoms. The van der Waals surface area contributed by atoms with E-state index in [-0.39, 0.29) is 0 Å². The van der Waals surface area contributed by atoms with E-state index >= 15 is 0 Å². The zero-order chi connectivity index (χ0) is 14.7. The highest BCUT2D eigenvalue weighted by Gasteiger charge is 2.31. The second-order valence-electron chi connectivity index (χ2n) is 5.95. The van der Waals surface area contributed by atoms with E-state index in [4.69, 9.17) is 0 Å². The van der Waals surface area contributed by atoms with Crippen LogP contribution in [-0.4, -0.2) is 52.9 Å². The van der Waals surface area contributed by atoms with Gasteiger partial charge in [-0.1, -0.05) is 37.3 Å². The molecule has 1 amide bonds. The van der Waals surface area contributed by atoms with Crippen LogP contribution in [0.1, 0.15) is 31.4 Å². The van der Waals surface area contributed by atoms with E-state index in [1.165, 1.54) is 11.3 Å². The lowest BCUT2D eigenvalue weighted by Crippen LogP contribution is -2.44. The van der Waals surface area contributed by atoms with Crippen molar-refractivity contribution in [2.75, 3.05) is 31.9 Å². The van der Waals surface area contributed by atoms with Crippen molar-refractivity contribution in [1.82, 2.24) is 9.80 Å². The highest BCUT2D eigenvalue weighted by atomic mass is 32.2. The van der Waals surface area contributed by atoms with Crippen LogP contribution in [0.3, 0.4) is 0 Å². The summed E-state index contributed by atoms with van der Waals surface area (Å²) in [6.07, 6.45) is 1.78. The summed E-state index contributed by atoms with van der Waals surface area (Å²) in [6, 6.07) is 11.3. The van der Waals surface area contributed by atoms with Crippen LogP contribution in [0.25, 0.3) is 0 Å². The summed E-state index contributed by atoms with van der Waals surface area (Å²) in [4.78, 5) is 16.4. The van der Waals surface area contributed by atoms with E-state index in [9.17, 15) is 4.79 Å². The predicted molar refractivity (Wildman–Crippen MR) is 88.5 cm³/mol. The second-order valence-corrected chi connectivity index (χ2v) is 7.44. The molecule has 2 aliphatic rings. The van der Waals surface area contributed by atoms with Gasteiger partial charge in [-0.25, -0.2) is 0 Å². The van der Waals surface area contributed by atoms with Crippen molar-refractivity contribution in [2.45, 2.75) is 31.1 Å². The van der Waals surface area contributed by atoms with Gasteiger partial charge in [-0.3, -0.25) is 9.69 Å². The lowest BCUT2D eigenvalue weighted by atomic mass is 10.0. The summed E-state index contributed by atoms with van der Waals surface area (Å²) in [5.74, 6) is 1.53. The molecule has 0 saturated carbocycles. The highest BCUT2D eigenvalue weighted by molar-refractivity contribution is 8.00. The largest absolute Gasteiger partial charge is 0.341 e. The molecule has 1 aromatic carbocycles. The van der Waals surface area contributed by atoms with Crippen LogP contribution in [0.15, 0.2) is 30.3 Å². The molecule has 0 radical (unpaired) electrons. The van der Waals surface area contributed by atoms with Gasteiger partial charge in [0.15, 0.2) is 0 Å². The van der Waals surface area contributed by atoms with Crippen LogP contribution in [0.2, 0.25) is 0 Å². The molecule has 2 aliphatic heterocycles. The van der Waals surface area contributed by atoms with Gasteiger partial charge in [0, 0.05) is 49.6 Å². The molecule has 114 valence electrons. The molecule has 0 unspecified atom stereocenters. The topological polar surface area (TPSA) is 23.6 Å². The zero-order valence-corrected chi connectivity index (χ0v) is 13.5. The third kappa shape index (κ3) is 3.43. The molecule has 0 aliphatic carbocycles. The van der Waals surface area contributed by atoms with Crippen LogP contribution >= 0.6 is 11.8 Å². The Morgan fingerprint density at radius 2 is 2.00 bits per heavy atom. The minimum atomic E-state index is 0.339. The molecule has 3 nitrogen and oxygen atoms in total. The first-order valence-corrected chi connectivity index (χ1v) is 8.99. The molecular weight excluding hydrogens is 280 g/mol.